The van der Waals surface area contributed by atoms with Gasteiger partial charge >= 0.3 is 0 Å². The molecule has 1 N–H and O–H groups in total. The molecule has 8 heteroatoms. The number of hydrogen-bond acceptors (Lipinski definition) is 5. The molecule has 3 rings (SSSR count). The first-order valence-electron chi connectivity index (χ1n) is 7.98. The number of carbonyl (C=O) groups excluding carboxylic acids is 2. The first kappa shape index (κ1) is 18.7. The van der Waals surface area contributed by atoms with Gasteiger partial charge < -0.3 is 10.2 Å². The van der Waals surface area contributed by atoms with Gasteiger partial charge in [0.15, 0.2) is 5.13 Å². The Bertz CT molecular complexity index is 743. The number of hydrogen-bond donors (Lipinski definition) is 1. The van der Waals surface area contributed by atoms with Crippen LogP contribution >= 0.6 is 45.7 Å². The molecule has 5 nitrogen and oxygen atoms in total. The molecule has 1 fully saturated rings. The predicted molar refractivity (Wildman–Crippen MR) is 112 cm³/mol. The van der Waals surface area contributed by atoms with Crippen molar-refractivity contribution in [1.29, 1.82) is 0 Å². The molecule has 1 aromatic heterocycles. The number of aromatic nitrogens is 1. The van der Waals surface area contributed by atoms with Crippen molar-refractivity contribution in [2.75, 3.05) is 29.9 Å². The predicted octanol–water partition coefficient (Wildman–Crippen LogP) is 3.71. The molecule has 1 aromatic carbocycles. The summed E-state index contributed by atoms with van der Waals surface area (Å²) in [6.07, 6.45) is 2.17. The van der Waals surface area contributed by atoms with Gasteiger partial charge in [0.25, 0.3) is 0 Å². The average Bonchev–Trinajstić information content (AvgIpc) is 3.27. The van der Waals surface area contributed by atoms with Gasteiger partial charge in [0.1, 0.15) is 0 Å². The van der Waals surface area contributed by atoms with Gasteiger partial charge in [0, 0.05) is 27.6 Å². The Hall–Kier alpha value is -1.13. The summed E-state index contributed by atoms with van der Waals surface area (Å²) in [7, 11) is 0. The number of nitrogens with one attached hydrogen (secondary N) is 1. The van der Waals surface area contributed by atoms with E-state index >= 15 is 0 Å². The maximum Gasteiger partial charge on any atom is 0.236 e. The summed E-state index contributed by atoms with van der Waals surface area (Å²) in [6, 6.07) is 8.09. The van der Waals surface area contributed by atoms with Gasteiger partial charge in [0.2, 0.25) is 11.8 Å². The Morgan fingerprint density at radius 3 is 2.64 bits per heavy atom. The van der Waals surface area contributed by atoms with Crippen LogP contribution in [0.4, 0.5) is 5.13 Å². The van der Waals surface area contributed by atoms with Gasteiger partial charge in [-0.05, 0) is 47.6 Å². The minimum atomic E-state index is -0.122. The monoisotopic (exact) mass is 487 g/mol. The molecule has 2 aromatic rings. The molecule has 1 saturated heterocycles. The number of likely N-dealkylation sites (tertiary alicyclic amines) is 1. The van der Waals surface area contributed by atoms with E-state index in [1.807, 2.05) is 34.5 Å². The van der Waals surface area contributed by atoms with Gasteiger partial charge in [-0.2, -0.15) is 0 Å². The van der Waals surface area contributed by atoms with Crippen molar-refractivity contribution >= 4 is 62.6 Å². The number of amides is 2. The lowest BCUT2D eigenvalue weighted by Gasteiger charge is -2.14. The van der Waals surface area contributed by atoms with Crippen LogP contribution in [0.5, 0.6) is 0 Å². The lowest BCUT2D eigenvalue weighted by atomic mass is 10.2. The second kappa shape index (κ2) is 9.00. The molecule has 0 saturated carbocycles. The van der Waals surface area contributed by atoms with Crippen molar-refractivity contribution in [3.05, 3.63) is 33.2 Å². The summed E-state index contributed by atoms with van der Waals surface area (Å²) >= 11 is 5.02. The number of carbonyl (C=O) groups is 2. The SMILES string of the molecule is O=C(CSCC(=O)N1CCCC1)Nc1nc(-c2ccc(I)cc2)cs1. The molecule has 1 aliphatic heterocycles. The summed E-state index contributed by atoms with van der Waals surface area (Å²) in [6.45, 7) is 1.71. The van der Waals surface area contributed by atoms with Crippen molar-refractivity contribution in [2.45, 2.75) is 12.8 Å². The van der Waals surface area contributed by atoms with Crippen LogP contribution in [0.1, 0.15) is 12.8 Å². The van der Waals surface area contributed by atoms with Gasteiger partial charge in [-0.15, -0.1) is 23.1 Å². The quantitative estimate of drug-likeness (QED) is 0.632. The van der Waals surface area contributed by atoms with Gasteiger partial charge in [-0.25, -0.2) is 4.98 Å². The van der Waals surface area contributed by atoms with E-state index in [0.29, 0.717) is 10.9 Å². The Morgan fingerprint density at radius 1 is 1.20 bits per heavy atom. The molecule has 0 radical (unpaired) electrons. The lowest BCUT2D eigenvalue weighted by molar-refractivity contribution is -0.127. The lowest BCUT2D eigenvalue weighted by Crippen LogP contribution is -2.29. The third-order valence-corrected chi connectivity index (χ3v) is 6.20. The second-order valence-electron chi connectivity index (χ2n) is 5.67. The largest absolute Gasteiger partial charge is 0.342 e. The molecule has 0 bridgehead atoms. The van der Waals surface area contributed by atoms with Crippen LogP contribution in [-0.4, -0.2) is 46.3 Å². The Labute approximate surface area is 168 Å². The molecule has 25 heavy (non-hydrogen) atoms. The fourth-order valence-electron chi connectivity index (χ4n) is 2.53. The van der Waals surface area contributed by atoms with Crippen LogP contribution in [0.25, 0.3) is 11.3 Å². The number of thioether (sulfide) groups is 1. The maximum atomic E-state index is 12.0. The van der Waals surface area contributed by atoms with Crippen LogP contribution in [0.3, 0.4) is 0 Å². The minimum Gasteiger partial charge on any atom is -0.342 e. The van der Waals surface area contributed by atoms with Crippen LogP contribution in [0, 0.1) is 3.57 Å². The highest BCUT2D eigenvalue weighted by Crippen LogP contribution is 2.25. The van der Waals surface area contributed by atoms with E-state index in [4.69, 9.17) is 0 Å². The summed E-state index contributed by atoms with van der Waals surface area (Å²) in [5, 5.41) is 5.33. The number of rotatable bonds is 6. The van der Waals surface area contributed by atoms with E-state index < -0.39 is 0 Å². The van der Waals surface area contributed by atoms with Crippen molar-refractivity contribution in [3.63, 3.8) is 0 Å². The highest BCUT2D eigenvalue weighted by molar-refractivity contribution is 14.1. The van der Waals surface area contributed by atoms with Crippen LogP contribution in [0.15, 0.2) is 29.6 Å². The number of benzene rings is 1. The van der Waals surface area contributed by atoms with Crippen LogP contribution in [-0.2, 0) is 9.59 Å². The topological polar surface area (TPSA) is 62.3 Å². The zero-order chi connectivity index (χ0) is 17.6. The molecule has 0 unspecified atom stereocenters. The zero-order valence-corrected chi connectivity index (χ0v) is 17.3. The van der Waals surface area contributed by atoms with E-state index in [9.17, 15) is 9.59 Å². The van der Waals surface area contributed by atoms with Gasteiger partial charge in [-0.3, -0.25) is 9.59 Å². The molecular formula is C17H18IN3O2S2. The van der Waals surface area contributed by atoms with Crippen LogP contribution < -0.4 is 5.32 Å². The summed E-state index contributed by atoms with van der Waals surface area (Å²) in [4.78, 5) is 30.3. The van der Waals surface area contributed by atoms with Crippen molar-refractivity contribution in [3.8, 4) is 11.3 Å². The highest BCUT2D eigenvalue weighted by atomic mass is 127. The highest BCUT2D eigenvalue weighted by Gasteiger charge is 2.18. The molecular weight excluding hydrogens is 469 g/mol. The van der Waals surface area contributed by atoms with Crippen molar-refractivity contribution < 1.29 is 9.59 Å². The Morgan fingerprint density at radius 2 is 1.92 bits per heavy atom. The smallest absolute Gasteiger partial charge is 0.236 e. The molecule has 132 valence electrons. The normalized spacial score (nSPS) is 13.9. The number of nitrogens with zero attached hydrogens (tertiary/aromatic N) is 2. The van der Waals surface area contributed by atoms with Gasteiger partial charge in [0.05, 0.1) is 17.2 Å². The first-order valence-corrected chi connectivity index (χ1v) is 11.1. The first-order chi connectivity index (χ1) is 12.1. The van der Waals surface area contributed by atoms with E-state index in [0.717, 1.165) is 37.2 Å². The summed E-state index contributed by atoms with van der Waals surface area (Å²) < 4.78 is 1.17. The maximum absolute atomic E-state index is 12.0. The Balaban J connectivity index is 1.45. The van der Waals surface area contributed by atoms with Crippen LogP contribution in [0.2, 0.25) is 0 Å². The summed E-state index contributed by atoms with van der Waals surface area (Å²) in [5.41, 5.74) is 1.89. The second-order valence-corrected chi connectivity index (χ2v) is 8.76. The van der Waals surface area contributed by atoms with Crippen molar-refractivity contribution in [2.24, 2.45) is 0 Å². The molecule has 1 aliphatic rings. The van der Waals surface area contributed by atoms with E-state index in [1.165, 1.54) is 26.7 Å². The fourth-order valence-corrected chi connectivity index (χ4v) is 4.34. The molecule has 0 spiro atoms. The van der Waals surface area contributed by atoms with Crippen molar-refractivity contribution in [1.82, 2.24) is 9.88 Å². The van der Waals surface area contributed by atoms with Gasteiger partial charge in [-0.1, -0.05) is 12.1 Å². The summed E-state index contributed by atoms with van der Waals surface area (Å²) in [5.74, 6) is 0.630. The number of anilines is 1. The molecule has 2 amide bonds. The molecule has 0 aliphatic carbocycles. The third kappa shape index (κ3) is 5.42. The average molecular weight is 487 g/mol. The third-order valence-electron chi connectivity index (χ3n) is 3.81. The molecule has 0 atom stereocenters. The van der Waals surface area contributed by atoms with E-state index in [-0.39, 0.29) is 17.6 Å². The van der Waals surface area contributed by atoms with E-state index in [1.54, 1.807) is 0 Å². The fraction of sp³-hybridized carbons (Fsp3) is 0.353. The number of thiazole rings is 1. The Kier molecular flexibility index (Phi) is 6.71. The zero-order valence-electron chi connectivity index (χ0n) is 13.5. The van der Waals surface area contributed by atoms with E-state index in [2.05, 4.69) is 32.9 Å². The standard InChI is InChI=1S/C17H18IN3O2S2/c18-13-5-3-12(4-6-13)14-9-25-17(19-14)20-15(22)10-24-11-16(23)21-7-1-2-8-21/h3-6,9H,1-2,7-8,10-11H2,(H,19,20,22). The minimum absolute atomic E-state index is 0.122. The molecule has 2 heterocycles. The number of halogens is 1.